The van der Waals surface area contributed by atoms with E-state index >= 15 is 0 Å². The summed E-state index contributed by atoms with van der Waals surface area (Å²) in [5, 5.41) is 2.37. The van der Waals surface area contributed by atoms with Gasteiger partial charge in [-0.15, -0.1) is 0 Å². The van der Waals surface area contributed by atoms with Gasteiger partial charge in [-0.3, -0.25) is 25.2 Å². The molecule has 23 heavy (non-hydrogen) atoms. The molecule has 0 saturated heterocycles. The molecular formula is C16H17N3O4. The lowest BCUT2D eigenvalue weighted by Gasteiger charge is -2.08. The summed E-state index contributed by atoms with van der Waals surface area (Å²) in [5.41, 5.74) is 6.67. The van der Waals surface area contributed by atoms with Crippen LogP contribution in [0, 0.1) is 13.8 Å². The van der Waals surface area contributed by atoms with Crippen molar-refractivity contribution in [1.82, 2.24) is 16.2 Å². The van der Waals surface area contributed by atoms with Gasteiger partial charge in [-0.25, -0.2) is 0 Å². The molecule has 2 aromatic rings. The summed E-state index contributed by atoms with van der Waals surface area (Å²) in [6, 6.07) is 8.49. The first-order valence-corrected chi connectivity index (χ1v) is 6.95. The van der Waals surface area contributed by atoms with Crippen molar-refractivity contribution < 1.29 is 18.8 Å². The minimum absolute atomic E-state index is 0.0877. The fourth-order valence-electron chi connectivity index (χ4n) is 1.79. The van der Waals surface area contributed by atoms with E-state index in [1.807, 2.05) is 19.9 Å². The molecule has 2 rings (SSSR count). The summed E-state index contributed by atoms with van der Waals surface area (Å²) in [7, 11) is 0. The monoisotopic (exact) mass is 315 g/mol. The quantitative estimate of drug-likeness (QED) is 0.580. The van der Waals surface area contributed by atoms with Crippen LogP contribution in [0.4, 0.5) is 0 Å². The number of benzene rings is 1. The third-order valence-electron chi connectivity index (χ3n) is 3.27. The molecule has 1 aromatic carbocycles. The van der Waals surface area contributed by atoms with Crippen molar-refractivity contribution in [2.75, 3.05) is 0 Å². The first-order chi connectivity index (χ1) is 11.0. The van der Waals surface area contributed by atoms with Crippen molar-refractivity contribution in [2.24, 2.45) is 0 Å². The molecule has 3 amide bonds. The van der Waals surface area contributed by atoms with Gasteiger partial charge >= 0.3 is 11.8 Å². The molecule has 0 unspecified atom stereocenters. The van der Waals surface area contributed by atoms with Crippen molar-refractivity contribution in [3.63, 3.8) is 0 Å². The van der Waals surface area contributed by atoms with Crippen molar-refractivity contribution in [3.8, 4) is 0 Å². The van der Waals surface area contributed by atoms with E-state index in [0.29, 0.717) is 11.3 Å². The Labute approximate surface area is 133 Å². The molecule has 0 aliphatic rings. The number of hydrogen-bond acceptors (Lipinski definition) is 4. The first kappa shape index (κ1) is 16.3. The minimum Gasteiger partial charge on any atom is -0.467 e. The van der Waals surface area contributed by atoms with Crippen LogP contribution in [0.25, 0.3) is 0 Å². The molecule has 7 heteroatoms. The van der Waals surface area contributed by atoms with E-state index in [1.54, 1.807) is 24.3 Å². The molecule has 0 aliphatic heterocycles. The molecule has 0 aliphatic carbocycles. The molecule has 0 spiro atoms. The normalized spacial score (nSPS) is 10.0. The molecule has 3 N–H and O–H groups in total. The van der Waals surface area contributed by atoms with Crippen LogP contribution in [0.5, 0.6) is 0 Å². The number of hydrazine groups is 1. The molecule has 0 atom stereocenters. The number of rotatable bonds is 3. The van der Waals surface area contributed by atoms with E-state index < -0.39 is 17.7 Å². The van der Waals surface area contributed by atoms with E-state index in [4.69, 9.17) is 4.42 Å². The number of furan rings is 1. The predicted molar refractivity (Wildman–Crippen MR) is 82.1 cm³/mol. The molecule has 1 aromatic heterocycles. The van der Waals surface area contributed by atoms with E-state index in [2.05, 4.69) is 16.2 Å². The lowest BCUT2D eigenvalue weighted by atomic mass is 10.1. The second kappa shape index (κ2) is 7.26. The van der Waals surface area contributed by atoms with Gasteiger partial charge in [0.05, 0.1) is 12.8 Å². The second-order valence-corrected chi connectivity index (χ2v) is 4.97. The molecular weight excluding hydrogens is 298 g/mol. The molecule has 0 bridgehead atoms. The highest BCUT2D eigenvalue weighted by molar-refractivity contribution is 6.35. The standard InChI is InChI=1S/C16H17N3O4/c1-10-5-6-12(8-11(10)2)14(20)18-19-16(22)15(21)17-9-13-4-3-7-23-13/h3-8H,9H2,1-2H3,(H,17,21)(H,18,20)(H,19,22). The van der Waals surface area contributed by atoms with Crippen molar-refractivity contribution in [2.45, 2.75) is 20.4 Å². The van der Waals surface area contributed by atoms with Crippen LogP contribution in [0.3, 0.4) is 0 Å². The molecule has 1 heterocycles. The maximum atomic E-state index is 11.9. The zero-order valence-corrected chi connectivity index (χ0v) is 12.8. The van der Waals surface area contributed by atoms with Crippen LogP contribution >= 0.6 is 0 Å². The maximum absolute atomic E-state index is 11.9. The smallest absolute Gasteiger partial charge is 0.327 e. The Bertz CT molecular complexity index is 723. The highest BCUT2D eigenvalue weighted by Crippen LogP contribution is 2.09. The zero-order chi connectivity index (χ0) is 16.8. The van der Waals surface area contributed by atoms with Gasteiger partial charge in [0.2, 0.25) is 0 Å². The van der Waals surface area contributed by atoms with Gasteiger partial charge in [-0.1, -0.05) is 6.07 Å². The molecule has 0 saturated carbocycles. The number of carbonyl (C=O) groups excluding carboxylic acids is 3. The molecule has 0 radical (unpaired) electrons. The number of hydrogen-bond donors (Lipinski definition) is 3. The van der Waals surface area contributed by atoms with Crippen LogP contribution in [0.1, 0.15) is 27.2 Å². The average Bonchev–Trinajstić information content (AvgIpc) is 3.05. The van der Waals surface area contributed by atoms with Gasteiger partial charge in [-0.05, 0) is 49.2 Å². The van der Waals surface area contributed by atoms with Crippen LogP contribution in [0.15, 0.2) is 41.0 Å². The Morgan fingerprint density at radius 3 is 2.43 bits per heavy atom. The van der Waals surface area contributed by atoms with Gasteiger partial charge in [0.1, 0.15) is 5.76 Å². The minimum atomic E-state index is -0.964. The van der Waals surface area contributed by atoms with E-state index in [9.17, 15) is 14.4 Å². The highest BCUT2D eigenvalue weighted by Gasteiger charge is 2.15. The zero-order valence-electron chi connectivity index (χ0n) is 12.8. The first-order valence-electron chi connectivity index (χ1n) is 6.95. The maximum Gasteiger partial charge on any atom is 0.327 e. The van der Waals surface area contributed by atoms with Gasteiger partial charge in [-0.2, -0.15) is 0 Å². The van der Waals surface area contributed by atoms with Gasteiger partial charge in [0, 0.05) is 5.56 Å². The van der Waals surface area contributed by atoms with Gasteiger partial charge in [0.25, 0.3) is 5.91 Å². The third kappa shape index (κ3) is 4.44. The summed E-state index contributed by atoms with van der Waals surface area (Å²) in [6.45, 7) is 3.90. The summed E-state index contributed by atoms with van der Waals surface area (Å²) < 4.78 is 5.02. The largest absolute Gasteiger partial charge is 0.467 e. The van der Waals surface area contributed by atoms with Crippen LogP contribution < -0.4 is 16.2 Å². The number of nitrogens with one attached hydrogen (secondary N) is 3. The fraction of sp³-hybridized carbons (Fsp3) is 0.188. The Kier molecular flexibility index (Phi) is 5.14. The average molecular weight is 315 g/mol. The fourth-order valence-corrected chi connectivity index (χ4v) is 1.79. The van der Waals surface area contributed by atoms with Crippen molar-refractivity contribution in [3.05, 3.63) is 59.0 Å². The lowest BCUT2D eigenvalue weighted by Crippen LogP contribution is -2.48. The summed E-state index contributed by atoms with van der Waals surface area (Å²) in [4.78, 5) is 35.1. The predicted octanol–water partition coefficient (Wildman–Crippen LogP) is 0.974. The SMILES string of the molecule is Cc1ccc(C(=O)NNC(=O)C(=O)NCc2ccco2)cc1C. The van der Waals surface area contributed by atoms with Crippen LogP contribution in [-0.4, -0.2) is 17.7 Å². The second-order valence-electron chi connectivity index (χ2n) is 4.97. The summed E-state index contributed by atoms with van der Waals surface area (Å²) >= 11 is 0. The lowest BCUT2D eigenvalue weighted by molar-refractivity contribution is -0.139. The summed E-state index contributed by atoms with van der Waals surface area (Å²) in [5.74, 6) is -1.82. The van der Waals surface area contributed by atoms with Crippen LogP contribution in [-0.2, 0) is 16.1 Å². The van der Waals surface area contributed by atoms with Gasteiger partial charge < -0.3 is 9.73 Å². The summed E-state index contributed by atoms with van der Waals surface area (Å²) in [6.07, 6.45) is 1.46. The van der Waals surface area contributed by atoms with E-state index in [0.717, 1.165) is 11.1 Å². The van der Waals surface area contributed by atoms with E-state index in [-0.39, 0.29) is 6.54 Å². The molecule has 7 nitrogen and oxygen atoms in total. The highest BCUT2D eigenvalue weighted by atomic mass is 16.3. The topological polar surface area (TPSA) is 100 Å². The van der Waals surface area contributed by atoms with Gasteiger partial charge in [0.15, 0.2) is 0 Å². The molecule has 120 valence electrons. The van der Waals surface area contributed by atoms with E-state index in [1.165, 1.54) is 6.26 Å². The Balaban J connectivity index is 1.81. The van der Waals surface area contributed by atoms with Crippen molar-refractivity contribution >= 4 is 17.7 Å². The number of aryl methyl sites for hydroxylation is 2. The third-order valence-corrected chi connectivity index (χ3v) is 3.27. The Morgan fingerprint density at radius 1 is 1.00 bits per heavy atom. The van der Waals surface area contributed by atoms with Crippen molar-refractivity contribution in [1.29, 1.82) is 0 Å². The number of amides is 3. The Hall–Kier alpha value is -3.09. The van der Waals surface area contributed by atoms with Crippen LogP contribution in [0.2, 0.25) is 0 Å². The molecule has 0 fully saturated rings. The number of carbonyl (C=O) groups is 3. The Morgan fingerprint density at radius 2 is 1.78 bits per heavy atom.